The van der Waals surface area contributed by atoms with Gasteiger partial charge in [0.05, 0.1) is 12.8 Å². The Labute approximate surface area is 111 Å². The maximum Gasteiger partial charge on any atom is 0.338 e. The molecule has 0 aliphatic heterocycles. The van der Waals surface area contributed by atoms with Crippen molar-refractivity contribution in [3.05, 3.63) is 23.8 Å². The highest BCUT2D eigenvalue weighted by Crippen LogP contribution is 2.24. The van der Waals surface area contributed by atoms with E-state index < -0.39 is 11.9 Å². The standard InChI is InChI=1S/C12H17N3O4/c1-8-4-5-10(19-3)9(6-8)13-12(17)15-14-11(16)7-18-2/h4-6H,7H2,1-3H3,(H,14,16)(H2,13,15,17). The molecule has 0 aliphatic rings. The first-order chi connectivity index (χ1) is 9.06. The number of methoxy groups -OCH3 is 2. The van der Waals surface area contributed by atoms with Crippen LogP contribution >= 0.6 is 0 Å². The van der Waals surface area contributed by atoms with Crippen LogP contribution in [0.2, 0.25) is 0 Å². The average molecular weight is 267 g/mol. The predicted molar refractivity (Wildman–Crippen MR) is 69.9 cm³/mol. The highest BCUT2D eigenvalue weighted by molar-refractivity contribution is 5.92. The lowest BCUT2D eigenvalue weighted by Gasteiger charge is -2.12. The van der Waals surface area contributed by atoms with Crippen molar-refractivity contribution in [1.29, 1.82) is 0 Å². The molecule has 0 aromatic heterocycles. The van der Waals surface area contributed by atoms with E-state index in [1.165, 1.54) is 14.2 Å². The van der Waals surface area contributed by atoms with Crippen LogP contribution in [0.1, 0.15) is 5.56 Å². The number of hydrogen-bond acceptors (Lipinski definition) is 4. The normalized spacial score (nSPS) is 9.63. The Morgan fingerprint density at radius 2 is 1.95 bits per heavy atom. The summed E-state index contributed by atoms with van der Waals surface area (Å²) in [6.45, 7) is 1.76. The number of urea groups is 1. The SMILES string of the molecule is COCC(=O)NNC(=O)Nc1cc(C)ccc1OC. The Kier molecular flexibility index (Phi) is 5.62. The molecule has 3 N–H and O–H groups in total. The molecule has 0 bridgehead atoms. The number of amides is 3. The van der Waals surface area contributed by atoms with E-state index in [1.54, 1.807) is 12.1 Å². The van der Waals surface area contributed by atoms with Crippen molar-refractivity contribution in [2.24, 2.45) is 0 Å². The molecule has 0 radical (unpaired) electrons. The minimum absolute atomic E-state index is 0.131. The molecule has 1 aromatic carbocycles. The van der Waals surface area contributed by atoms with E-state index in [0.29, 0.717) is 11.4 Å². The molecule has 0 fully saturated rings. The van der Waals surface area contributed by atoms with Crippen LogP contribution in [0.4, 0.5) is 10.5 Å². The molecule has 104 valence electrons. The van der Waals surface area contributed by atoms with Crippen LogP contribution in [-0.2, 0) is 9.53 Å². The molecular weight excluding hydrogens is 250 g/mol. The van der Waals surface area contributed by atoms with Crippen molar-refractivity contribution in [1.82, 2.24) is 10.9 Å². The monoisotopic (exact) mass is 267 g/mol. The third-order valence-electron chi connectivity index (χ3n) is 2.19. The van der Waals surface area contributed by atoms with Gasteiger partial charge < -0.3 is 14.8 Å². The van der Waals surface area contributed by atoms with E-state index >= 15 is 0 Å². The molecule has 1 rings (SSSR count). The number of nitrogens with one attached hydrogen (secondary N) is 3. The Morgan fingerprint density at radius 1 is 1.21 bits per heavy atom. The lowest BCUT2D eigenvalue weighted by Crippen LogP contribution is -2.45. The molecule has 0 heterocycles. The largest absolute Gasteiger partial charge is 0.495 e. The topological polar surface area (TPSA) is 88.7 Å². The molecule has 7 heteroatoms. The number of hydrazine groups is 1. The van der Waals surface area contributed by atoms with Crippen molar-refractivity contribution in [2.45, 2.75) is 6.92 Å². The summed E-state index contributed by atoms with van der Waals surface area (Å²) >= 11 is 0. The zero-order chi connectivity index (χ0) is 14.3. The van der Waals surface area contributed by atoms with Crippen LogP contribution < -0.4 is 20.9 Å². The number of carbonyl (C=O) groups excluding carboxylic acids is 2. The molecule has 0 spiro atoms. The number of anilines is 1. The van der Waals surface area contributed by atoms with Crippen LogP contribution in [0.5, 0.6) is 5.75 Å². The fourth-order valence-corrected chi connectivity index (χ4v) is 1.37. The van der Waals surface area contributed by atoms with E-state index in [2.05, 4.69) is 20.9 Å². The van der Waals surface area contributed by atoms with Crippen LogP contribution in [-0.4, -0.2) is 32.8 Å². The van der Waals surface area contributed by atoms with Crippen LogP contribution in [0.25, 0.3) is 0 Å². The van der Waals surface area contributed by atoms with Gasteiger partial charge in [0, 0.05) is 7.11 Å². The van der Waals surface area contributed by atoms with E-state index in [-0.39, 0.29) is 6.61 Å². The van der Waals surface area contributed by atoms with Crippen LogP contribution in [0, 0.1) is 6.92 Å². The van der Waals surface area contributed by atoms with Crippen LogP contribution in [0.15, 0.2) is 18.2 Å². The molecular formula is C12H17N3O4. The van der Waals surface area contributed by atoms with Crippen LogP contribution in [0.3, 0.4) is 0 Å². The highest BCUT2D eigenvalue weighted by Gasteiger charge is 2.08. The van der Waals surface area contributed by atoms with Crippen molar-refractivity contribution in [2.75, 3.05) is 26.1 Å². The maximum atomic E-state index is 11.6. The van der Waals surface area contributed by atoms with Gasteiger partial charge in [-0.25, -0.2) is 10.2 Å². The Hall–Kier alpha value is -2.28. The van der Waals surface area contributed by atoms with Crippen molar-refractivity contribution < 1.29 is 19.1 Å². The first kappa shape index (κ1) is 14.8. The van der Waals surface area contributed by atoms with Gasteiger partial charge in [0.25, 0.3) is 5.91 Å². The number of ether oxygens (including phenoxy) is 2. The van der Waals surface area contributed by atoms with Gasteiger partial charge in [0.1, 0.15) is 12.4 Å². The molecule has 0 atom stereocenters. The summed E-state index contributed by atoms with van der Waals surface area (Å²) in [6, 6.07) is 4.79. The third-order valence-corrected chi connectivity index (χ3v) is 2.19. The van der Waals surface area contributed by atoms with Crippen molar-refractivity contribution in [3.8, 4) is 5.75 Å². The van der Waals surface area contributed by atoms with E-state index in [1.807, 2.05) is 13.0 Å². The number of rotatable bonds is 4. The molecule has 19 heavy (non-hydrogen) atoms. The summed E-state index contributed by atoms with van der Waals surface area (Å²) in [6.07, 6.45) is 0. The first-order valence-corrected chi connectivity index (χ1v) is 5.56. The molecule has 0 aliphatic carbocycles. The summed E-state index contributed by atoms with van der Waals surface area (Å²) in [7, 11) is 2.89. The first-order valence-electron chi connectivity index (χ1n) is 5.56. The zero-order valence-electron chi connectivity index (χ0n) is 11.1. The number of benzene rings is 1. The minimum atomic E-state index is -0.576. The molecule has 0 saturated heterocycles. The second kappa shape index (κ2) is 7.22. The van der Waals surface area contributed by atoms with E-state index in [0.717, 1.165) is 5.56 Å². The van der Waals surface area contributed by atoms with Gasteiger partial charge in [0.2, 0.25) is 0 Å². The Balaban J connectivity index is 2.57. The predicted octanol–water partition coefficient (Wildman–Crippen LogP) is 0.803. The van der Waals surface area contributed by atoms with Gasteiger partial charge in [-0.3, -0.25) is 10.2 Å². The summed E-state index contributed by atoms with van der Waals surface area (Å²) < 4.78 is 9.72. The third kappa shape index (κ3) is 4.84. The quantitative estimate of drug-likeness (QED) is 0.704. The maximum absolute atomic E-state index is 11.6. The smallest absolute Gasteiger partial charge is 0.338 e. The fourth-order valence-electron chi connectivity index (χ4n) is 1.37. The number of hydrogen-bond donors (Lipinski definition) is 3. The molecule has 3 amide bonds. The minimum Gasteiger partial charge on any atom is -0.495 e. The Bertz CT molecular complexity index is 462. The fraction of sp³-hybridized carbons (Fsp3) is 0.333. The molecule has 0 unspecified atom stereocenters. The van der Waals surface area contributed by atoms with Gasteiger partial charge >= 0.3 is 6.03 Å². The summed E-state index contributed by atoms with van der Waals surface area (Å²) in [5.41, 5.74) is 5.88. The van der Waals surface area contributed by atoms with Gasteiger partial charge in [-0.1, -0.05) is 6.07 Å². The summed E-state index contributed by atoms with van der Waals surface area (Å²) in [5, 5.41) is 2.57. The second-order valence-corrected chi connectivity index (χ2v) is 3.76. The van der Waals surface area contributed by atoms with E-state index in [4.69, 9.17) is 4.74 Å². The van der Waals surface area contributed by atoms with Gasteiger partial charge in [0.15, 0.2) is 0 Å². The van der Waals surface area contributed by atoms with E-state index in [9.17, 15) is 9.59 Å². The number of carbonyl (C=O) groups is 2. The average Bonchev–Trinajstić information content (AvgIpc) is 2.37. The van der Waals surface area contributed by atoms with Gasteiger partial charge in [-0.05, 0) is 24.6 Å². The summed E-state index contributed by atoms with van der Waals surface area (Å²) in [5.74, 6) is 0.0813. The summed E-state index contributed by atoms with van der Waals surface area (Å²) in [4.78, 5) is 22.6. The highest BCUT2D eigenvalue weighted by atomic mass is 16.5. The molecule has 1 aromatic rings. The lowest BCUT2D eigenvalue weighted by molar-refractivity contribution is -0.125. The lowest BCUT2D eigenvalue weighted by atomic mass is 10.2. The van der Waals surface area contributed by atoms with Crippen molar-refractivity contribution >= 4 is 17.6 Å². The zero-order valence-corrected chi connectivity index (χ0v) is 11.1. The molecule has 0 saturated carbocycles. The van der Waals surface area contributed by atoms with Gasteiger partial charge in [-0.2, -0.15) is 0 Å². The Morgan fingerprint density at radius 3 is 2.58 bits per heavy atom. The second-order valence-electron chi connectivity index (χ2n) is 3.76. The van der Waals surface area contributed by atoms with Gasteiger partial charge in [-0.15, -0.1) is 0 Å². The molecule has 7 nitrogen and oxygen atoms in total. The number of aryl methyl sites for hydroxylation is 1. The van der Waals surface area contributed by atoms with Crippen molar-refractivity contribution in [3.63, 3.8) is 0 Å².